The van der Waals surface area contributed by atoms with E-state index in [-0.39, 0.29) is 11.1 Å². The van der Waals surface area contributed by atoms with Crippen LogP contribution in [-0.2, 0) is 0 Å². The number of imidazole rings is 1. The fourth-order valence-electron chi connectivity index (χ4n) is 3.98. The Labute approximate surface area is 190 Å². The van der Waals surface area contributed by atoms with Crippen molar-refractivity contribution in [1.29, 1.82) is 0 Å². The Kier molecular flexibility index (Phi) is 5.39. The third kappa shape index (κ3) is 4.22. The van der Waals surface area contributed by atoms with Crippen LogP contribution in [0.1, 0.15) is 10.4 Å². The molecule has 1 amide bonds. The molecule has 0 spiro atoms. The fraction of sp³-hybridized carbons (Fsp3) is 0.208. The topological polar surface area (TPSA) is 91.8 Å². The van der Waals surface area contributed by atoms with E-state index in [4.69, 9.17) is 5.73 Å². The third-order valence-corrected chi connectivity index (χ3v) is 5.90. The lowest BCUT2D eigenvalue weighted by Gasteiger charge is -2.34. The van der Waals surface area contributed by atoms with Crippen molar-refractivity contribution in [2.45, 2.75) is 0 Å². The van der Waals surface area contributed by atoms with Gasteiger partial charge in [-0.25, -0.2) is 14.4 Å². The van der Waals surface area contributed by atoms with Gasteiger partial charge in [-0.15, -0.1) is 0 Å². The molecule has 0 saturated carbocycles. The smallest absolute Gasteiger partial charge is 0.248 e. The molecule has 1 saturated heterocycles. The first-order valence-electron chi connectivity index (χ1n) is 10.7. The van der Waals surface area contributed by atoms with Gasteiger partial charge in [0.25, 0.3) is 0 Å². The number of aromatic nitrogens is 3. The molecule has 0 radical (unpaired) electrons. The number of nitrogens with two attached hydrogens (primary N) is 1. The normalized spacial score (nSPS) is 14.5. The Bertz CT molecular complexity index is 1310. The minimum Gasteiger partial charge on any atom is -0.369 e. The van der Waals surface area contributed by atoms with Gasteiger partial charge in [0.2, 0.25) is 5.91 Å². The number of halogens is 1. The van der Waals surface area contributed by atoms with Crippen LogP contribution in [0.15, 0.2) is 61.1 Å². The third-order valence-electron chi connectivity index (χ3n) is 5.90. The van der Waals surface area contributed by atoms with Crippen LogP contribution in [0.25, 0.3) is 16.9 Å². The minimum atomic E-state index is -0.680. The average Bonchev–Trinajstić information content (AvgIpc) is 3.29. The Morgan fingerprint density at radius 1 is 1.09 bits per heavy atom. The molecule has 1 aliphatic rings. The van der Waals surface area contributed by atoms with Gasteiger partial charge in [-0.05, 0) is 49.5 Å². The summed E-state index contributed by atoms with van der Waals surface area (Å²) < 4.78 is 16.5. The summed E-state index contributed by atoms with van der Waals surface area (Å²) in [6, 6.07) is 12.3. The molecule has 4 aromatic rings. The van der Waals surface area contributed by atoms with Crippen LogP contribution < -0.4 is 16.0 Å². The summed E-state index contributed by atoms with van der Waals surface area (Å²) >= 11 is 0. The second-order valence-corrected chi connectivity index (χ2v) is 8.15. The number of amides is 1. The number of primary amides is 1. The molecule has 0 atom stereocenters. The predicted octanol–water partition coefficient (Wildman–Crippen LogP) is 3.13. The molecule has 5 rings (SSSR count). The van der Waals surface area contributed by atoms with Crippen molar-refractivity contribution in [2.24, 2.45) is 5.73 Å². The largest absolute Gasteiger partial charge is 0.369 e. The number of hydrogen-bond acceptors (Lipinski definition) is 6. The summed E-state index contributed by atoms with van der Waals surface area (Å²) in [7, 11) is 2.14. The van der Waals surface area contributed by atoms with Crippen LogP contribution in [0.3, 0.4) is 0 Å². The van der Waals surface area contributed by atoms with Crippen molar-refractivity contribution in [2.75, 3.05) is 43.4 Å². The van der Waals surface area contributed by atoms with Gasteiger partial charge < -0.3 is 25.3 Å². The lowest BCUT2D eigenvalue weighted by atomic mass is 10.1. The average molecular weight is 446 g/mol. The number of hydrogen-bond donors (Lipinski definition) is 2. The number of likely N-dealkylation sites (N-methyl/N-ethyl adjacent to an activating group) is 1. The highest BCUT2D eigenvalue weighted by Gasteiger charge is 2.16. The van der Waals surface area contributed by atoms with Crippen LogP contribution in [0.2, 0.25) is 0 Å². The van der Waals surface area contributed by atoms with E-state index in [2.05, 4.69) is 44.3 Å². The number of anilines is 3. The lowest BCUT2D eigenvalue weighted by Crippen LogP contribution is -2.44. The highest BCUT2D eigenvalue weighted by Crippen LogP contribution is 2.28. The molecule has 3 N–H and O–H groups in total. The van der Waals surface area contributed by atoms with Crippen molar-refractivity contribution in [3.05, 3.63) is 72.4 Å². The monoisotopic (exact) mass is 445 g/mol. The highest BCUT2D eigenvalue weighted by molar-refractivity contribution is 5.93. The van der Waals surface area contributed by atoms with Gasteiger partial charge in [-0.3, -0.25) is 4.79 Å². The SMILES string of the molecule is CN1CCN(c2ccc(Nc3nc(-c4ccc(C(N)=O)cc4F)cn4ccnc34)cc2)CC1. The van der Waals surface area contributed by atoms with Crippen LogP contribution in [0.5, 0.6) is 0 Å². The van der Waals surface area contributed by atoms with Crippen LogP contribution in [0, 0.1) is 5.82 Å². The highest BCUT2D eigenvalue weighted by atomic mass is 19.1. The molecule has 1 aliphatic heterocycles. The van der Waals surface area contributed by atoms with E-state index < -0.39 is 11.7 Å². The van der Waals surface area contributed by atoms with E-state index in [9.17, 15) is 9.18 Å². The minimum absolute atomic E-state index is 0.110. The molecular weight excluding hydrogens is 421 g/mol. The summed E-state index contributed by atoms with van der Waals surface area (Å²) in [6.45, 7) is 4.10. The number of nitrogens with zero attached hydrogens (tertiary/aromatic N) is 5. The fourth-order valence-corrected chi connectivity index (χ4v) is 3.98. The first kappa shape index (κ1) is 20.9. The molecule has 3 heterocycles. The molecule has 9 heteroatoms. The summed E-state index contributed by atoms with van der Waals surface area (Å²) in [4.78, 5) is 25.0. The van der Waals surface area contributed by atoms with Crippen molar-refractivity contribution in [3.63, 3.8) is 0 Å². The van der Waals surface area contributed by atoms with Crippen LogP contribution in [-0.4, -0.2) is 58.4 Å². The van der Waals surface area contributed by atoms with Crippen LogP contribution in [0.4, 0.5) is 21.6 Å². The summed E-state index contributed by atoms with van der Waals surface area (Å²) in [5, 5.41) is 3.31. The van der Waals surface area contributed by atoms with E-state index in [0.29, 0.717) is 17.2 Å². The number of nitrogens with one attached hydrogen (secondary N) is 1. The summed E-state index contributed by atoms with van der Waals surface area (Å²) in [6.07, 6.45) is 5.14. The maximum atomic E-state index is 14.7. The van der Waals surface area contributed by atoms with Crippen molar-refractivity contribution < 1.29 is 9.18 Å². The standard InChI is InChI=1S/C24H24FN7O/c1-30-10-12-31(13-11-30)18-5-3-17(4-6-18)28-23-24-27-8-9-32(24)15-21(29-23)19-7-2-16(22(26)33)14-20(19)25/h2-9,14-15H,10-13H2,1H3,(H2,26,33)(H,28,29). The van der Waals surface area contributed by atoms with Gasteiger partial charge in [0.15, 0.2) is 11.5 Å². The number of carbonyl (C=O) groups excluding carboxylic acids is 1. The molecule has 168 valence electrons. The van der Waals surface area contributed by atoms with E-state index in [1.165, 1.54) is 17.8 Å². The molecular formula is C24H24FN7O. The van der Waals surface area contributed by atoms with Gasteiger partial charge in [0.1, 0.15) is 5.82 Å². The van der Waals surface area contributed by atoms with Gasteiger partial charge in [0.05, 0.1) is 5.69 Å². The maximum absolute atomic E-state index is 14.7. The van der Waals surface area contributed by atoms with Crippen molar-refractivity contribution in [3.8, 4) is 11.3 Å². The second-order valence-electron chi connectivity index (χ2n) is 8.15. The number of fused-ring (bicyclic) bond motifs is 1. The zero-order valence-corrected chi connectivity index (χ0v) is 18.2. The van der Waals surface area contributed by atoms with Crippen molar-refractivity contribution >= 4 is 28.7 Å². The lowest BCUT2D eigenvalue weighted by molar-refractivity contribution is 0.1000. The number of benzene rings is 2. The molecule has 0 aliphatic carbocycles. The molecule has 33 heavy (non-hydrogen) atoms. The van der Waals surface area contributed by atoms with Crippen LogP contribution >= 0.6 is 0 Å². The van der Waals surface area contributed by atoms with Gasteiger partial charge in [0, 0.05) is 67.3 Å². The second kappa shape index (κ2) is 8.51. The van der Waals surface area contributed by atoms with E-state index in [0.717, 1.165) is 37.9 Å². The summed E-state index contributed by atoms with van der Waals surface area (Å²) in [5.41, 5.74) is 8.70. The zero-order valence-electron chi connectivity index (χ0n) is 18.2. The Hall–Kier alpha value is -3.98. The number of rotatable bonds is 5. The quantitative estimate of drug-likeness (QED) is 0.490. The Morgan fingerprint density at radius 2 is 1.85 bits per heavy atom. The van der Waals surface area contributed by atoms with E-state index >= 15 is 0 Å². The molecule has 0 unspecified atom stereocenters. The first-order chi connectivity index (χ1) is 16.0. The number of piperazine rings is 1. The van der Waals surface area contributed by atoms with Gasteiger partial charge >= 0.3 is 0 Å². The summed E-state index contributed by atoms with van der Waals surface area (Å²) in [5.74, 6) is -0.746. The van der Waals surface area contributed by atoms with Gasteiger partial charge in [-0.2, -0.15) is 0 Å². The Morgan fingerprint density at radius 3 is 2.55 bits per heavy atom. The molecule has 2 aromatic heterocycles. The van der Waals surface area contributed by atoms with E-state index in [1.807, 2.05) is 12.1 Å². The predicted molar refractivity (Wildman–Crippen MR) is 126 cm³/mol. The number of carbonyl (C=O) groups is 1. The van der Waals surface area contributed by atoms with E-state index in [1.54, 1.807) is 23.0 Å². The maximum Gasteiger partial charge on any atom is 0.248 e. The van der Waals surface area contributed by atoms with Gasteiger partial charge in [-0.1, -0.05) is 0 Å². The Balaban J connectivity index is 1.44. The molecule has 8 nitrogen and oxygen atoms in total. The van der Waals surface area contributed by atoms with Crippen molar-refractivity contribution in [1.82, 2.24) is 19.3 Å². The first-order valence-corrected chi connectivity index (χ1v) is 10.7. The molecule has 0 bridgehead atoms. The molecule has 2 aromatic carbocycles. The molecule has 1 fully saturated rings. The zero-order chi connectivity index (χ0) is 22.9.